The number of thiazole rings is 1. The van der Waals surface area contributed by atoms with E-state index in [4.69, 9.17) is 5.73 Å². The summed E-state index contributed by atoms with van der Waals surface area (Å²) in [4.78, 5) is 4.59. The second kappa shape index (κ2) is 5.41. The van der Waals surface area contributed by atoms with Crippen LogP contribution in [0, 0.1) is 0 Å². The Morgan fingerprint density at radius 3 is 2.80 bits per heavy atom. The van der Waals surface area contributed by atoms with Crippen molar-refractivity contribution >= 4 is 16.5 Å². The predicted molar refractivity (Wildman–Crippen MR) is 86.1 cm³/mol. The summed E-state index contributed by atoms with van der Waals surface area (Å²) >= 11 is 1.55. The van der Waals surface area contributed by atoms with Crippen molar-refractivity contribution in [2.75, 3.05) is 5.73 Å². The highest BCUT2D eigenvalue weighted by molar-refractivity contribution is 7.13. The molecule has 1 aromatic carbocycles. The molecule has 1 heterocycles. The largest absolute Gasteiger partial charge is 0.375 e. The maximum atomic E-state index is 5.85. The first-order chi connectivity index (χ1) is 9.74. The van der Waals surface area contributed by atoms with Gasteiger partial charge in [0.1, 0.15) is 0 Å². The molecule has 1 aliphatic carbocycles. The second-order valence-electron chi connectivity index (χ2n) is 5.55. The van der Waals surface area contributed by atoms with E-state index in [0.29, 0.717) is 5.13 Å². The molecule has 2 N–H and O–H groups in total. The zero-order valence-electron chi connectivity index (χ0n) is 11.6. The van der Waals surface area contributed by atoms with Crippen molar-refractivity contribution in [3.63, 3.8) is 0 Å². The Balaban J connectivity index is 2.06. The number of rotatable bonds is 4. The van der Waals surface area contributed by atoms with Crippen LogP contribution in [-0.4, -0.2) is 4.98 Å². The number of allylic oxidation sites excluding steroid dienone is 1. The van der Waals surface area contributed by atoms with Crippen LogP contribution in [0.1, 0.15) is 42.5 Å². The fourth-order valence-electron chi connectivity index (χ4n) is 3.34. The Hall–Kier alpha value is -1.61. The highest BCUT2D eigenvalue weighted by Gasteiger charge is 2.39. The van der Waals surface area contributed by atoms with Gasteiger partial charge in [0.2, 0.25) is 0 Å². The summed E-state index contributed by atoms with van der Waals surface area (Å²) in [6.07, 6.45) is 7.76. The SMILES string of the molecule is C=CCc1cccc(C2(c3csc(N)n3)CCCC2)c1. The summed E-state index contributed by atoms with van der Waals surface area (Å²) < 4.78 is 0. The van der Waals surface area contributed by atoms with Gasteiger partial charge in [0.05, 0.1) is 5.69 Å². The molecule has 20 heavy (non-hydrogen) atoms. The average Bonchev–Trinajstić information content (AvgIpc) is 3.09. The molecule has 0 amide bonds. The summed E-state index contributed by atoms with van der Waals surface area (Å²) in [5.74, 6) is 0. The van der Waals surface area contributed by atoms with Crippen LogP contribution in [0.25, 0.3) is 0 Å². The third-order valence-corrected chi connectivity index (χ3v) is 5.00. The Labute approximate surface area is 124 Å². The first-order valence-corrected chi connectivity index (χ1v) is 8.04. The smallest absolute Gasteiger partial charge is 0.180 e. The van der Waals surface area contributed by atoms with E-state index >= 15 is 0 Å². The molecular formula is C17H20N2S. The van der Waals surface area contributed by atoms with Gasteiger partial charge < -0.3 is 5.73 Å². The van der Waals surface area contributed by atoms with Crippen LogP contribution in [0.5, 0.6) is 0 Å². The van der Waals surface area contributed by atoms with Gasteiger partial charge in [-0.05, 0) is 30.4 Å². The molecule has 3 heteroatoms. The minimum atomic E-state index is 0.0747. The summed E-state index contributed by atoms with van der Waals surface area (Å²) in [5.41, 5.74) is 9.80. The topological polar surface area (TPSA) is 38.9 Å². The molecule has 0 unspecified atom stereocenters. The Morgan fingerprint density at radius 2 is 2.15 bits per heavy atom. The fourth-order valence-corrected chi connectivity index (χ4v) is 4.00. The zero-order chi connectivity index (χ0) is 14.0. The third-order valence-electron chi connectivity index (χ3n) is 4.33. The molecule has 0 aliphatic heterocycles. The summed E-state index contributed by atoms with van der Waals surface area (Å²) in [5, 5.41) is 2.81. The molecule has 0 radical (unpaired) electrons. The van der Waals surface area contributed by atoms with Crippen LogP contribution in [-0.2, 0) is 11.8 Å². The van der Waals surface area contributed by atoms with Gasteiger partial charge >= 0.3 is 0 Å². The monoisotopic (exact) mass is 284 g/mol. The lowest BCUT2D eigenvalue weighted by Crippen LogP contribution is -2.24. The van der Waals surface area contributed by atoms with Gasteiger partial charge in [-0.2, -0.15) is 0 Å². The van der Waals surface area contributed by atoms with Gasteiger partial charge in [-0.25, -0.2) is 4.98 Å². The van der Waals surface area contributed by atoms with Gasteiger partial charge in [-0.1, -0.05) is 43.2 Å². The lowest BCUT2D eigenvalue weighted by molar-refractivity contribution is 0.521. The lowest BCUT2D eigenvalue weighted by atomic mass is 9.76. The van der Waals surface area contributed by atoms with Crippen LogP contribution >= 0.6 is 11.3 Å². The summed E-state index contributed by atoms with van der Waals surface area (Å²) in [6, 6.07) is 8.89. The van der Waals surface area contributed by atoms with Crippen molar-refractivity contribution < 1.29 is 0 Å². The number of benzene rings is 1. The van der Waals surface area contributed by atoms with Crippen molar-refractivity contribution in [3.8, 4) is 0 Å². The molecule has 2 aromatic rings. The predicted octanol–water partition coefficient (Wildman–Crippen LogP) is 4.31. The van der Waals surface area contributed by atoms with Crippen molar-refractivity contribution in [3.05, 3.63) is 59.1 Å². The van der Waals surface area contributed by atoms with E-state index in [-0.39, 0.29) is 5.41 Å². The van der Waals surface area contributed by atoms with E-state index in [9.17, 15) is 0 Å². The highest BCUT2D eigenvalue weighted by atomic mass is 32.1. The highest BCUT2D eigenvalue weighted by Crippen LogP contribution is 2.46. The molecule has 0 bridgehead atoms. The molecule has 2 nitrogen and oxygen atoms in total. The molecule has 0 saturated heterocycles. The number of hydrogen-bond acceptors (Lipinski definition) is 3. The molecule has 3 rings (SSSR count). The number of nitrogens with zero attached hydrogens (tertiary/aromatic N) is 1. The molecule has 1 aromatic heterocycles. The van der Waals surface area contributed by atoms with Crippen molar-refractivity contribution in [1.29, 1.82) is 0 Å². The number of anilines is 1. The van der Waals surface area contributed by atoms with E-state index in [1.807, 2.05) is 6.08 Å². The fraction of sp³-hybridized carbons (Fsp3) is 0.353. The van der Waals surface area contributed by atoms with Crippen molar-refractivity contribution in [2.45, 2.75) is 37.5 Å². The van der Waals surface area contributed by atoms with Gasteiger partial charge in [0.25, 0.3) is 0 Å². The maximum absolute atomic E-state index is 5.85. The lowest BCUT2D eigenvalue weighted by Gasteiger charge is -2.28. The number of hydrogen-bond donors (Lipinski definition) is 1. The first-order valence-electron chi connectivity index (χ1n) is 7.16. The normalized spacial score (nSPS) is 17.2. The van der Waals surface area contributed by atoms with Crippen LogP contribution in [0.3, 0.4) is 0 Å². The minimum absolute atomic E-state index is 0.0747. The average molecular weight is 284 g/mol. The van der Waals surface area contributed by atoms with Crippen molar-refractivity contribution in [1.82, 2.24) is 4.98 Å². The molecule has 0 atom stereocenters. The summed E-state index contributed by atoms with van der Waals surface area (Å²) in [6.45, 7) is 3.83. The first kappa shape index (κ1) is 13.4. The number of nitrogen functional groups attached to an aromatic ring is 1. The van der Waals surface area contributed by atoms with E-state index < -0.39 is 0 Å². The van der Waals surface area contributed by atoms with E-state index in [1.54, 1.807) is 11.3 Å². The Morgan fingerprint density at radius 1 is 1.35 bits per heavy atom. The minimum Gasteiger partial charge on any atom is -0.375 e. The van der Waals surface area contributed by atoms with Gasteiger partial charge in [0.15, 0.2) is 5.13 Å². The van der Waals surface area contributed by atoms with Crippen LogP contribution < -0.4 is 5.73 Å². The maximum Gasteiger partial charge on any atom is 0.180 e. The molecule has 104 valence electrons. The van der Waals surface area contributed by atoms with Crippen LogP contribution in [0.4, 0.5) is 5.13 Å². The van der Waals surface area contributed by atoms with E-state index in [1.165, 1.54) is 36.8 Å². The van der Waals surface area contributed by atoms with Gasteiger partial charge in [0, 0.05) is 10.8 Å². The van der Waals surface area contributed by atoms with Crippen LogP contribution in [0.15, 0.2) is 42.3 Å². The molecular weight excluding hydrogens is 264 g/mol. The quantitative estimate of drug-likeness (QED) is 0.849. The molecule has 1 aliphatic rings. The number of nitrogens with two attached hydrogens (primary N) is 1. The standard InChI is InChI=1S/C17H20N2S/c1-2-6-13-7-5-8-14(11-13)17(9-3-4-10-17)15-12-20-16(18)19-15/h2,5,7-8,11-12H,1,3-4,6,9-10H2,(H2,18,19). The third kappa shape index (κ3) is 2.27. The molecule has 1 saturated carbocycles. The van der Waals surface area contributed by atoms with E-state index in [0.717, 1.165) is 12.1 Å². The van der Waals surface area contributed by atoms with Crippen molar-refractivity contribution in [2.24, 2.45) is 0 Å². The molecule has 1 fully saturated rings. The Bertz CT molecular complexity index is 609. The second-order valence-corrected chi connectivity index (χ2v) is 6.44. The van der Waals surface area contributed by atoms with Crippen LogP contribution in [0.2, 0.25) is 0 Å². The van der Waals surface area contributed by atoms with Gasteiger partial charge in [-0.3, -0.25) is 0 Å². The van der Waals surface area contributed by atoms with E-state index in [2.05, 4.69) is 41.2 Å². The summed E-state index contributed by atoms with van der Waals surface area (Å²) in [7, 11) is 0. The zero-order valence-corrected chi connectivity index (χ0v) is 12.5. The van der Waals surface area contributed by atoms with Gasteiger partial charge in [-0.15, -0.1) is 17.9 Å². The Kier molecular flexibility index (Phi) is 3.62. The number of aromatic nitrogens is 1. The molecule has 0 spiro atoms.